The second kappa shape index (κ2) is 8.10. The molecule has 0 bridgehead atoms. The maximum atomic E-state index is 13.3. The number of amides is 1. The molecule has 3 heterocycles. The Balaban J connectivity index is 1.58. The van der Waals surface area contributed by atoms with Crippen LogP contribution in [0.15, 0.2) is 39.6 Å². The average molecular weight is 445 g/mol. The maximum Gasteiger partial charge on any atom is 0.290 e. The van der Waals surface area contributed by atoms with Crippen LogP contribution in [0, 0.1) is 6.92 Å². The zero-order valence-electron chi connectivity index (χ0n) is 18.8. The topological polar surface area (TPSA) is 70.8 Å². The van der Waals surface area contributed by atoms with Crippen molar-refractivity contribution in [3.8, 4) is 0 Å². The van der Waals surface area contributed by atoms with Gasteiger partial charge in [0.15, 0.2) is 5.76 Å². The molecular formula is C24H32N2O4S. The summed E-state index contributed by atoms with van der Waals surface area (Å²) in [5.41, 5.74) is 2.43. The van der Waals surface area contributed by atoms with Crippen molar-refractivity contribution >= 4 is 15.9 Å². The molecule has 0 aliphatic carbocycles. The standard InChI is InChI=1S/C24H32N2O4S/c1-17-22(31(28,29)25-13-5-6-14-25)16-21(30-17)23(27)26-15-7-8-20(26)18-9-11-19(12-10-18)24(2,3)4/h9-12,16,20H,5-8,13-15H2,1-4H3. The molecule has 168 valence electrons. The Morgan fingerprint density at radius 2 is 1.68 bits per heavy atom. The monoisotopic (exact) mass is 444 g/mol. The minimum atomic E-state index is -3.62. The fourth-order valence-electron chi connectivity index (χ4n) is 4.60. The molecule has 1 aromatic carbocycles. The van der Waals surface area contributed by atoms with Crippen LogP contribution in [0.2, 0.25) is 0 Å². The number of nitrogens with zero attached hydrogens (tertiary/aromatic N) is 2. The molecule has 1 amide bonds. The number of carbonyl (C=O) groups is 1. The fourth-order valence-corrected chi connectivity index (χ4v) is 6.28. The maximum absolute atomic E-state index is 13.3. The summed E-state index contributed by atoms with van der Waals surface area (Å²) in [5.74, 6) is 0.141. The second-order valence-corrected chi connectivity index (χ2v) is 11.6. The summed E-state index contributed by atoms with van der Waals surface area (Å²) in [4.78, 5) is 15.2. The van der Waals surface area contributed by atoms with E-state index in [2.05, 4.69) is 45.0 Å². The summed E-state index contributed by atoms with van der Waals surface area (Å²) in [5, 5.41) is 0. The summed E-state index contributed by atoms with van der Waals surface area (Å²) in [7, 11) is -3.62. The fraction of sp³-hybridized carbons (Fsp3) is 0.542. The molecule has 2 saturated heterocycles. The first-order valence-electron chi connectivity index (χ1n) is 11.1. The highest BCUT2D eigenvalue weighted by atomic mass is 32.2. The van der Waals surface area contributed by atoms with Crippen LogP contribution in [0.3, 0.4) is 0 Å². The smallest absolute Gasteiger partial charge is 0.290 e. The van der Waals surface area contributed by atoms with Gasteiger partial charge in [-0.1, -0.05) is 45.0 Å². The molecule has 0 N–H and O–H groups in total. The molecule has 2 aliphatic rings. The van der Waals surface area contributed by atoms with Gasteiger partial charge in [-0.05, 0) is 49.1 Å². The third kappa shape index (κ3) is 4.17. The summed E-state index contributed by atoms with van der Waals surface area (Å²) in [6.45, 7) is 9.84. The largest absolute Gasteiger partial charge is 0.455 e. The Morgan fingerprint density at radius 3 is 2.29 bits per heavy atom. The van der Waals surface area contributed by atoms with Crippen LogP contribution in [0.4, 0.5) is 0 Å². The molecule has 31 heavy (non-hydrogen) atoms. The van der Waals surface area contributed by atoms with Crippen molar-refractivity contribution in [3.63, 3.8) is 0 Å². The second-order valence-electron chi connectivity index (χ2n) is 9.67. The van der Waals surface area contributed by atoms with E-state index < -0.39 is 10.0 Å². The lowest BCUT2D eigenvalue weighted by Crippen LogP contribution is -2.30. The number of hydrogen-bond acceptors (Lipinski definition) is 4. The minimum Gasteiger partial charge on any atom is -0.455 e. The van der Waals surface area contributed by atoms with Crippen molar-refractivity contribution in [2.45, 2.75) is 69.7 Å². The van der Waals surface area contributed by atoms with E-state index in [1.165, 1.54) is 15.9 Å². The highest BCUT2D eigenvalue weighted by Crippen LogP contribution is 2.35. The molecule has 0 radical (unpaired) electrons. The van der Waals surface area contributed by atoms with Crippen molar-refractivity contribution in [2.75, 3.05) is 19.6 Å². The Hall–Kier alpha value is -2.12. The van der Waals surface area contributed by atoms with E-state index in [4.69, 9.17) is 4.42 Å². The molecule has 6 nitrogen and oxygen atoms in total. The van der Waals surface area contributed by atoms with E-state index in [9.17, 15) is 13.2 Å². The number of aryl methyl sites for hydroxylation is 1. The third-order valence-electron chi connectivity index (χ3n) is 6.44. The number of hydrogen-bond donors (Lipinski definition) is 0. The van der Waals surface area contributed by atoms with Crippen LogP contribution in [-0.4, -0.2) is 43.2 Å². The van der Waals surface area contributed by atoms with Gasteiger partial charge in [0.25, 0.3) is 5.91 Å². The van der Waals surface area contributed by atoms with Gasteiger partial charge in [0, 0.05) is 25.7 Å². The molecule has 2 aliphatic heterocycles. The predicted molar refractivity (Wildman–Crippen MR) is 120 cm³/mol. The Bertz CT molecular complexity index is 1060. The summed E-state index contributed by atoms with van der Waals surface area (Å²) in [6.07, 6.45) is 3.53. The van der Waals surface area contributed by atoms with E-state index >= 15 is 0 Å². The van der Waals surface area contributed by atoms with Gasteiger partial charge < -0.3 is 9.32 Å². The number of sulfonamides is 1. The van der Waals surface area contributed by atoms with Crippen LogP contribution in [-0.2, 0) is 15.4 Å². The normalized spacial score (nSPS) is 20.5. The third-order valence-corrected chi connectivity index (χ3v) is 8.45. The Morgan fingerprint density at radius 1 is 1.03 bits per heavy atom. The lowest BCUT2D eigenvalue weighted by atomic mass is 9.86. The first-order chi connectivity index (χ1) is 14.6. The van der Waals surface area contributed by atoms with Crippen molar-refractivity contribution < 1.29 is 17.6 Å². The highest BCUT2D eigenvalue weighted by molar-refractivity contribution is 7.89. The Kier molecular flexibility index (Phi) is 5.77. The molecule has 2 fully saturated rings. The van der Waals surface area contributed by atoms with E-state index in [0.717, 1.165) is 31.2 Å². The molecule has 1 unspecified atom stereocenters. The van der Waals surface area contributed by atoms with Crippen LogP contribution in [0.1, 0.15) is 79.9 Å². The van der Waals surface area contributed by atoms with Gasteiger partial charge in [-0.3, -0.25) is 4.79 Å². The van der Waals surface area contributed by atoms with Crippen LogP contribution < -0.4 is 0 Å². The van der Waals surface area contributed by atoms with Crippen molar-refractivity contribution in [1.29, 1.82) is 0 Å². The summed E-state index contributed by atoms with van der Waals surface area (Å²) < 4.78 is 33.1. The first kappa shape index (κ1) is 22.1. The van der Waals surface area contributed by atoms with Gasteiger partial charge in [-0.2, -0.15) is 4.31 Å². The van der Waals surface area contributed by atoms with E-state index in [-0.39, 0.29) is 33.8 Å². The van der Waals surface area contributed by atoms with Crippen LogP contribution in [0.5, 0.6) is 0 Å². The van der Waals surface area contributed by atoms with Gasteiger partial charge in [0.2, 0.25) is 10.0 Å². The number of likely N-dealkylation sites (tertiary alicyclic amines) is 1. The SMILES string of the molecule is Cc1oc(C(=O)N2CCCC2c2ccc(C(C)(C)C)cc2)cc1S(=O)(=O)N1CCCC1. The van der Waals surface area contributed by atoms with Gasteiger partial charge in [0.05, 0.1) is 6.04 Å². The number of carbonyl (C=O) groups excluding carboxylic acids is 1. The lowest BCUT2D eigenvalue weighted by molar-refractivity contribution is 0.0702. The zero-order chi connectivity index (χ0) is 22.4. The molecular weight excluding hydrogens is 412 g/mol. The van der Waals surface area contributed by atoms with E-state index in [0.29, 0.717) is 19.6 Å². The molecule has 1 aromatic heterocycles. The minimum absolute atomic E-state index is 0.0226. The van der Waals surface area contributed by atoms with Gasteiger partial charge in [0.1, 0.15) is 10.7 Å². The van der Waals surface area contributed by atoms with Crippen LogP contribution >= 0.6 is 0 Å². The van der Waals surface area contributed by atoms with Crippen molar-refractivity contribution in [1.82, 2.24) is 9.21 Å². The molecule has 2 aromatic rings. The van der Waals surface area contributed by atoms with Gasteiger partial charge in [-0.15, -0.1) is 0 Å². The van der Waals surface area contributed by atoms with Gasteiger partial charge >= 0.3 is 0 Å². The molecule has 0 spiro atoms. The Labute approximate surface area is 185 Å². The predicted octanol–water partition coefficient (Wildman–Crippen LogP) is 4.65. The van der Waals surface area contributed by atoms with Gasteiger partial charge in [-0.25, -0.2) is 8.42 Å². The quantitative estimate of drug-likeness (QED) is 0.688. The number of benzene rings is 1. The molecule has 4 rings (SSSR count). The highest BCUT2D eigenvalue weighted by Gasteiger charge is 2.36. The molecule has 1 atom stereocenters. The zero-order valence-corrected chi connectivity index (χ0v) is 19.7. The lowest BCUT2D eigenvalue weighted by Gasteiger charge is -2.25. The van der Waals surface area contributed by atoms with Crippen molar-refractivity contribution in [3.05, 3.63) is 53.0 Å². The molecule has 7 heteroatoms. The molecule has 0 saturated carbocycles. The van der Waals surface area contributed by atoms with Crippen molar-refractivity contribution in [2.24, 2.45) is 0 Å². The van der Waals surface area contributed by atoms with E-state index in [1.807, 2.05) is 4.90 Å². The number of rotatable bonds is 4. The summed E-state index contributed by atoms with van der Waals surface area (Å²) >= 11 is 0. The van der Waals surface area contributed by atoms with Crippen LogP contribution in [0.25, 0.3) is 0 Å². The summed E-state index contributed by atoms with van der Waals surface area (Å²) in [6, 6.07) is 9.87. The number of furan rings is 1. The first-order valence-corrected chi connectivity index (χ1v) is 12.5. The van der Waals surface area contributed by atoms with E-state index in [1.54, 1.807) is 6.92 Å². The average Bonchev–Trinajstić information content (AvgIpc) is 3.47.